The largest absolute Gasteiger partial charge is 0.341 e. The smallest absolute Gasteiger partial charge is 0.244 e. The second kappa shape index (κ2) is 6.01. The number of piperidine rings is 1. The molecular weight excluding hydrogens is 334 g/mol. The number of amides is 1. The molecule has 3 rings (SSSR count). The van der Waals surface area contributed by atoms with E-state index >= 15 is 0 Å². The Morgan fingerprint density at radius 2 is 2.14 bits per heavy atom. The molecule has 0 radical (unpaired) electrons. The topological polar surface area (TPSA) is 62.5 Å². The van der Waals surface area contributed by atoms with E-state index in [1.165, 1.54) is 6.42 Å². The van der Waals surface area contributed by atoms with Crippen molar-refractivity contribution in [2.24, 2.45) is 0 Å². The summed E-state index contributed by atoms with van der Waals surface area (Å²) in [4.78, 5) is 18.7. The SMILES string of the molecule is CC(Nc1nc2c(Br)cccn2n1)C(=O)N1CCCCC1. The highest BCUT2D eigenvalue weighted by molar-refractivity contribution is 9.10. The summed E-state index contributed by atoms with van der Waals surface area (Å²) in [6, 6.07) is 3.48. The Morgan fingerprint density at radius 1 is 1.38 bits per heavy atom. The van der Waals surface area contributed by atoms with Crippen molar-refractivity contribution in [3.8, 4) is 0 Å². The Balaban J connectivity index is 1.72. The first kappa shape index (κ1) is 14.3. The van der Waals surface area contributed by atoms with Crippen LogP contribution in [0.3, 0.4) is 0 Å². The van der Waals surface area contributed by atoms with E-state index in [2.05, 4.69) is 31.3 Å². The van der Waals surface area contributed by atoms with Crippen LogP contribution in [0, 0.1) is 0 Å². The monoisotopic (exact) mass is 351 g/mol. The maximum Gasteiger partial charge on any atom is 0.244 e. The van der Waals surface area contributed by atoms with Crippen molar-refractivity contribution in [1.82, 2.24) is 19.5 Å². The molecule has 0 saturated carbocycles. The summed E-state index contributed by atoms with van der Waals surface area (Å²) in [6.07, 6.45) is 5.24. The normalized spacial score (nSPS) is 17.0. The van der Waals surface area contributed by atoms with Crippen molar-refractivity contribution in [3.63, 3.8) is 0 Å². The Labute approximate surface area is 131 Å². The lowest BCUT2D eigenvalue weighted by Crippen LogP contribution is -2.44. The summed E-state index contributed by atoms with van der Waals surface area (Å²) in [7, 11) is 0. The van der Waals surface area contributed by atoms with Gasteiger partial charge in [-0.25, -0.2) is 4.52 Å². The number of hydrogen-bond acceptors (Lipinski definition) is 4. The summed E-state index contributed by atoms with van der Waals surface area (Å²) in [5.74, 6) is 0.590. The van der Waals surface area contributed by atoms with E-state index in [0.29, 0.717) is 5.95 Å². The molecule has 1 aliphatic heterocycles. The van der Waals surface area contributed by atoms with E-state index < -0.39 is 0 Å². The molecule has 1 aliphatic rings. The number of carbonyl (C=O) groups excluding carboxylic acids is 1. The first-order valence-corrected chi connectivity index (χ1v) is 8.00. The van der Waals surface area contributed by atoms with Gasteiger partial charge in [-0.05, 0) is 54.2 Å². The molecule has 0 bridgehead atoms. The summed E-state index contributed by atoms with van der Waals surface area (Å²) < 4.78 is 2.56. The van der Waals surface area contributed by atoms with Crippen molar-refractivity contribution >= 4 is 33.4 Å². The number of anilines is 1. The molecule has 1 amide bonds. The molecule has 112 valence electrons. The quantitative estimate of drug-likeness (QED) is 0.921. The Hall–Kier alpha value is -1.63. The number of fused-ring (bicyclic) bond motifs is 1. The minimum Gasteiger partial charge on any atom is -0.341 e. The van der Waals surface area contributed by atoms with Crippen molar-refractivity contribution < 1.29 is 4.79 Å². The maximum atomic E-state index is 12.4. The highest BCUT2D eigenvalue weighted by Crippen LogP contribution is 2.17. The van der Waals surface area contributed by atoms with Gasteiger partial charge >= 0.3 is 0 Å². The first-order chi connectivity index (χ1) is 10.1. The van der Waals surface area contributed by atoms with Gasteiger partial charge in [-0.1, -0.05) is 0 Å². The van der Waals surface area contributed by atoms with Gasteiger partial charge in [0.25, 0.3) is 0 Å². The molecule has 0 aromatic carbocycles. The predicted molar refractivity (Wildman–Crippen MR) is 84.2 cm³/mol. The van der Waals surface area contributed by atoms with Crippen molar-refractivity contribution in [2.45, 2.75) is 32.2 Å². The number of pyridine rings is 1. The number of nitrogens with one attached hydrogen (secondary N) is 1. The molecule has 1 fully saturated rings. The maximum absolute atomic E-state index is 12.4. The fourth-order valence-electron chi connectivity index (χ4n) is 2.58. The van der Waals surface area contributed by atoms with Gasteiger partial charge in [-0.15, -0.1) is 5.10 Å². The molecule has 1 saturated heterocycles. The standard InChI is InChI=1S/C14H18BrN5O/c1-10(13(21)19-7-3-2-4-8-19)16-14-17-12-11(15)6-5-9-20(12)18-14/h5-6,9-10H,2-4,7-8H2,1H3,(H,16,18). The van der Waals surface area contributed by atoms with E-state index in [9.17, 15) is 4.79 Å². The molecular formula is C14H18BrN5O. The number of carbonyl (C=O) groups is 1. The number of aromatic nitrogens is 3. The van der Waals surface area contributed by atoms with E-state index in [-0.39, 0.29) is 11.9 Å². The summed E-state index contributed by atoms with van der Waals surface area (Å²) >= 11 is 3.44. The van der Waals surface area contributed by atoms with Gasteiger partial charge in [0.1, 0.15) is 6.04 Å². The average Bonchev–Trinajstić information content (AvgIpc) is 2.91. The third-order valence-corrected chi connectivity index (χ3v) is 4.32. The van der Waals surface area contributed by atoms with Gasteiger partial charge in [-0.3, -0.25) is 4.79 Å². The number of hydrogen-bond donors (Lipinski definition) is 1. The lowest BCUT2D eigenvalue weighted by Gasteiger charge is -2.29. The van der Waals surface area contributed by atoms with E-state index in [4.69, 9.17) is 0 Å². The first-order valence-electron chi connectivity index (χ1n) is 7.21. The molecule has 1 unspecified atom stereocenters. The van der Waals surface area contributed by atoms with Crippen LogP contribution in [0.1, 0.15) is 26.2 Å². The number of nitrogens with zero attached hydrogens (tertiary/aromatic N) is 4. The molecule has 7 heteroatoms. The third-order valence-electron chi connectivity index (χ3n) is 3.70. The van der Waals surface area contributed by atoms with Crippen LogP contribution in [0.25, 0.3) is 5.65 Å². The van der Waals surface area contributed by atoms with Gasteiger partial charge in [-0.2, -0.15) is 4.98 Å². The van der Waals surface area contributed by atoms with Crippen LogP contribution >= 0.6 is 15.9 Å². The summed E-state index contributed by atoms with van der Waals surface area (Å²) in [6.45, 7) is 3.57. The lowest BCUT2D eigenvalue weighted by molar-refractivity contribution is -0.132. The van der Waals surface area contributed by atoms with Crippen LogP contribution in [0.5, 0.6) is 0 Å². The zero-order valence-electron chi connectivity index (χ0n) is 11.9. The fraction of sp³-hybridized carbons (Fsp3) is 0.500. The van der Waals surface area contributed by atoms with E-state index in [1.54, 1.807) is 4.52 Å². The van der Waals surface area contributed by atoms with Gasteiger partial charge in [0.2, 0.25) is 11.9 Å². The third kappa shape index (κ3) is 3.02. The Bertz CT molecular complexity index is 650. The van der Waals surface area contributed by atoms with Crippen LogP contribution in [-0.4, -0.2) is 44.5 Å². The molecule has 21 heavy (non-hydrogen) atoms. The van der Waals surface area contributed by atoms with Crippen molar-refractivity contribution in [2.75, 3.05) is 18.4 Å². The molecule has 2 aromatic heterocycles. The minimum absolute atomic E-state index is 0.118. The molecule has 1 N–H and O–H groups in total. The molecule has 1 atom stereocenters. The zero-order valence-corrected chi connectivity index (χ0v) is 13.5. The van der Waals surface area contributed by atoms with Gasteiger partial charge < -0.3 is 10.2 Å². The lowest BCUT2D eigenvalue weighted by atomic mass is 10.1. The molecule has 0 spiro atoms. The van der Waals surface area contributed by atoms with E-state index in [1.807, 2.05) is 30.2 Å². The van der Waals surface area contributed by atoms with Crippen LogP contribution in [0.15, 0.2) is 22.8 Å². The van der Waals surface area contributed by atoms with Crippen LogP contribution in [-0.2, 0) is 4.79 Å². The average molecular weight is 352 g/mol. The molecule has 6 nitrogen and oxygen atoms in total. The van der Waals surface area contributed by atoms with Gasteiger partial charge in [0.05, 0.1) is 4.47 Å². The summed E-state index contributed by atoms with van der Waals surface area (Å²) in [5, 5.41) is 7.44. The molecule has 2 aromatic rings. The Kier molecular flexibility index (Phi) is 4.10. The predicted octanol–water partition coefficient (Wildman–Crippen LogP) is 2.30. The fourth-order valence-corrected chi connectivity index (χ4v) is 3.00. The second-order valence-corrected chi connectivity index (χ2v) is 6.17. The van der Waals surface area contributed by atoms with Gasteiger partial charge in [0.15, 0.2) is 5.65 Å². The number of likely N-dealkylation sites (tertiary alicyclic amines) is 1. The number of halogens is 1. The van der Waals surface area contributed by atoms with Gasteiger partial charge in [0, 0.05) is 19.3 Å². The minimum atomic E-state index is -0.320. The Morgan fingerprint density at radius 3 is 2.86 bits per heavy atom. The summed E-state index contributed by atoms with van der Waals surface area (Å²) in [5.41, 5.74) is 0.734. The number of rotatable bonds is 3. The molecule has 3 heterocycles. The van der Waals surface area contributed by atoms with Crippen LogP contribution in [0.2, 0.25) is 0 Å². The van der Waals surface area contributed by atoms with Crippen molar-refractivity contribution in [3.05, 3.63) is 22.8 Å². The highest BCUT2D eigenvalue weighted by Gasteiger charge is 2.23. The van der Waals surface area contributed by atoms with Crippen molar-refractivity contribution in [1.29, 1.82) is 0 Å². The molecule has 0 aliphatic carbocycles. The van der Waals surface area contributed by atoms with Crippen LogP contribution in [0.4, 0.5) is 5.95 Å². The van der Waals surface area contributed by atoms with E-state index in [0.717, 1.165) is 36.1 Å². The zero-order chi connectivity index (χ0) is 14.8. The van der Waals surface area contributed by atoms with Crippen LogP contribution < -0.4 is 5.32 Å². The highest BCUT2D eigenvalue weighted by atomic mass is 79.9. The second-order valence-electron chi connectivity index (χ2n) is 5.31.